The SMILES string of the molecule is Cn1c2nc(CC3=NCC=C3)sc2c2cnn(Cc3ncsc3C(N)=O)c(=O)c21. The van der Waals surface area contributed by atoms with Gasteiger partial charge >= 0.3 is 0 Å². The van der Waals surface area contributed by atoms with E-state index in [2.05, 4.69) is 15.1 Å². The normalized spacial score (nSPS) is 13.6. The van der Waals surface area contributed by atoms with E-state index in [0.29, 0.717) is 22.5 Å². The molecule has 0 fully saturated rings. The molecule has 5 heterocycles. The molecule has 0 unspecified atom stereocenters. The molecule has 0 aromatic carbocycles. The van der Waals surface area contributed by atoms with Gasteiger partial charge in [0.1, 0.15) is 15.4 Å². The average molecular weight is 425 g/mol. The van der Waals surface area contributed by atoms with E-state index in [1.54, 1.807) is 22.1 Å². The van der Waals surface area contributed by atoms with E-state index in [1.807, 2.05) is 19.2 Å². The van der Waals surface area contributed by atoms with Crippen LogP contribution in [0.4, 0.5) is 0 Å². The van der Waals surface area contributed by atoms with Crippen LogP contribution in [0.3, 0.4) is 0 Å². The molecular weight excluding hydrogens is 410 g/mol. The van der Waals surface area contributed by atoms with E-state index in [0.717, 1.165) is 44.3 Å². The van der Waals surface area contributed by atoms with Gasteiger partial charge < -0.3 is 10.3 Å². The summed E-state index contributed by atoms with van der Waals surface area (Å²) in [5, 5.41) is 6.03. The van der Waals surface area contributed by atoms with Crippen molar-refractivity contribution in [3.63, 3.8) is 0 Å². The Labute approximate surface area is 171 Å². The number of aryl methyl sites for hydroxylation is 1. The van der Waals surface area contributed by atoms with Crippen molar-refractivity contribution in [3.8, 4) is 0 Å². The summed E-state index contributed by atoms with van der Waals surface area (Å²) in [6.07, 6.45) is 6.39. The lowest BCUT2D eigenvalue weighted by atomic mass is 10.3. The third-order valence-electron chi connectivity index (χ3n) is 4.78. The molecule has 2 N–H and O–H groups in total. The molecule has 1 aliphatic heterocycles. The third kappa shape index (κ3) is 2.89. The number of fused-ring (bicyclic) bond motifs is 3. The molecule has 0 spiro atoms. The van der Waals surface area contributed by atoms with Crippen LogP contribution in [-0.2, 0) is 20.0 Å². The largest absolute Gasteiger partial charge is 0.365 e. The Kier molecular flexibility index (Phi) is 4.14. The first-order chi connectivity index (χ1) is 14.0. The minimum atomic E-state index is -0.561. The maximum absolute atomic E-state index is 13.1. The average Bonchev–Trinajstić information content (AvgIpc) is 3.45. The smallest absolute Gasteiger partial charge is 0.291 e. The predicted molar refractivity (Wildman–Crippen MR) is 113 cm³/mol. The van der Waals surface area contributed by atoms with Crippen molar-refractivity contribution in [2.75, 3.05) is 6.54 Å². The number of allylic oxidation sites excluding steroid dienone is 1. The van der Waals surface area contributed by atoms with Gasteiger partial charge in [-0.3, -0.25) is 14.6 Å². The molecule has 0 bridgehead atoms. The van der Waals surface area contributed by atoms with Crippen LogP contribution in [0.1, 0.15) is 20.4 Å². The quantitative estimate of drug-likeness (QED) is 0.519. The number of primary amides is 1. The Bertz CT molecular complexity index is 1400. The minimum Gasteiger partial charge on any atom is -0.365 e. The lowest BCUT2D eigenvalue weighted by Gasteiger charge is -2.05. The predicted octanol–water partition coefficient (Wildman–Crippen LogP) is 1.50. The van der Waals surface area contributed by atoms with Crippen molar-refractivity contribution in [3.05, 3.63) is 49.8 Å². The minimum absolute atomic E-state index is 0.0835. The number of hydrogen-bond acceptors (Lipinski definition) is 8. The molecular formula is C18H15N7O2S2. The topological polar surface area (TPSA) is 121 Å². The first kappa shape index (κ1) is 17.9. The second-order valence-corrected chi connectivity index (χ2v) is 8.53. The molecule has 0 saturated heterocycles. The summed E-state index contributed by atoms with van der Waals surface area (Å²) in [7, 11) is 1.82. The van der Waals surface area contributed by atoms with Gasteiger partial charge in [-0.15, -0.1) is 22.7 Å². The Morgan fingerprint density at radius 3 is 3.00 bits per heavy atom. The number of amides is 1. The maximum atomic E-state index is 13.1. The van der Waals surface area contributed by atoms with Crippen LogP contribution in [-0.4, -0.2) is 42.5 Å². The molecule has 4 aromatic rings. The lowest BCUT2D eigenvalue weighted by Crippen LogP contribution is -2.25. The van der Waals surface area contributed by atoms with Crippen LogP contribution in [0.5, 0.6) is 0 Å². The molecule has 0 aliphatic carbocycles. The maximum Gasteiger partial charge on any atom is 0.291 e. The zero-order chi connectivity index (χ0) is 20.1. The first-order valence-corrected chi connectivity index (χ1v) is 10.5. The number of rotatable bonds is 5. The zero-order valence-corrected chi connectivity index (χ0v) is 17.0. The van der Waals surface area contributed by atoms with Gasteiger partial charge in [0.2, 0.25) is 0 Å². The monoisotopic (exact) mass is 425 g/mol. The van der Waals surface area contributed by atoms with Crippen LogP contribution in [0, 0.1) is 0 Å². The molecule has 0 radical (unpaired) electrons. The fourth-order valence-electron chi connectivity index (χ4n) is 3.43. The Morgan fingerprint density at radius 2 is 2.24 bits per heavy atom. The Hall–Kier alpha value is -3.18. The molecule has 1 amide bonds. The van der Waals surface area contributed by atoms with E-state index in [-0.39, 0.29) is 12.1 Å². The van der Waals surface area contributed by atoms with Crippen LogP contribution in [0.25, 0.3) is 21.3 Å². The lowest BCUT2D eigenvalue weighted by molar-refractivity contribution is 0.100. The second-order valence-electron chi connectivity index (χ2n) is 6.59. The molecule has 0 saturated carbocycles. The number of thiazole rings is 2. The first-order valence-electron chi connectivity index (χ1n) is 8.79. The molecule has 9 nitrogen and oxygen atoms in total. The van der Waals surface area contributed by atoms with Gasteiger partial charge in [0.05, 0.1) is 35.2 Å². The van der Waals surface area contributed by atoms with Crippen LogP contribution in [0.2, 0.25) is 0 Å². The number of carbonyl (C=O) groups excluding carboxylic acids is 1. The standard InChI is InChI=1S/C18H15N7O2S2/c1-24-13-10(14-17(24)23-12(29-14)5-9-3-2-4-20-9)6-22-25(18(13)27)7-11-15(16(19)26)28-8-21-11/h2-3,6,8H,4-5,7H2,1H3,(H2,19,26). The number of nitrogens with zero attached hydrogens (tertiary/aromatic N) is 6. The Balaban J connectivity index is 1.57. The van der Waals surface area contributed by atoms with Crippen molar-refractivity contribution < 1.29 is 4.79 Å². The summed E-state index contributed by atoms with van der Waals surface area (Å²) in [5.41, 5.74) is 9.39. The highest BCUT2D eigenvalue weighted by atomic mass is 32.1. The van der Waals surface area contributed by atoms with Gasteiger partial charge in [0.25, 0.3) is 11.5 Å². The van der Waals surface area contributed by atoms with Crippen LogP contribution in [0.15, 0.2) is 33.6 Å². The summed E-state index contributed by atoms with van der Waals surface area (Å²) in [6, 6.07) is 0. The van der Waals surface area contributed by atoms with E-state index >= 15 is 0 Å². The molecule has 29 heavy (non-hydrogen) atoms. The van der Waals surface area contributed by atoms with E-state index < -0.39 is 5.91 Å². The molecule has 11 heteroatoms. The third-order valence-corrected chi connectivity index (χ3v) is 6.74. The van der Waals surface area contributed by atoms with Gasteiger partial charge in [0.15, 0.2) is 5.65 Å². The van der Waals surface area contributed by atoms with Crippen LogP contribution >= 0.6 is 22.7 Å². The molecule has 146 valence electrons. The van der Waals surface area contributed by atoms with E-state index in [9.17, 15) is 9.59 Å². The van der Waals surface area contributed by atoms with Crippen molar-refractivity contribution in [1.29, 1.82) is 0 Å². The van der Waals surface area contributed by atoms with Gasteiger partial charge in [-0.2, -0.15) is 5.10 Å². The second kappa shape index (κ2) is 6.71. The van der Waals surface area contributed by atoms with Crippen molar-refractivity contribution >= 4 is 55.5 Å². The fraction of sp³-hybridized carbons (Fsp3) is 0.222. The van der Waals surface area contributed by atoms with E-state index in [1.165, 1.54) is 10.2 Å². The summed E-state index contributed by atoms with van der Waals surface area (Å²) in [4.78, 5) is 38.2. The number of nitrogens with two attached hydrogens (primary N) is 1. The van der Waals surface area contributed by atoms with Crippen molar-refractivity contribution in [2.24, 2.45) is 17.8 Å². The van der Waals surface area contributed by atoms with E-state index in [4.69, 9.17) is 10.7 Å². The van der Waals surface area contributed by atoms with Gasteiger partial charge in [-0.05, 0) is 6.08 Å². The van der Waals surface area contributed by atoms with Gasteiger partial charge in [0, 0.05) is 24.6 Å². The fourth-order valence-corrected chi connectivity index (χ4v) is 5.20. The number of aliphatic imine (C=N–C) groups is 1. The highest BCUT2D eigenvalue weighted by Gasteiger charge is 2.20. The number of hydrogen-bond donors (Lipinski definition) is 1. The highest BCUT2D eigenvalue weighted by Crippen LogP contribution is 2.31. The Morgan fingerprint density at radius 1 is 1.38 bits per heavy atom. The molecule has 1 aliphatic rings. The number of aromatic nitrogens is 5. The molecule has 0 atom stereocenters. The summed E-state index contributed by atoms with van der Waals surface area (Å²) >= 11 is 2.71. The van der Waals surface area contributed by atoms with Gasteiger partial charge in [-0.25, -0.2) is 14.6 Å². The molecule has 5 rings (SSSR count). The van der Waals surface area contributed by atoms with Gasteiger partial charge in [-0.1, -0.05) is 6.08 Å². The number of carbonyl (C=O) groups is 1. The van der Waals surface area contributed by atoms with Crippen molar-refractivity contribution in [1.82, 2.24) is 24.3 Å². The summed E-state index contributed by atoms with van der Waals surface area (Å²) in [6.45, 7) is 0.809. The highest BCUT2D eigenvalue weighted by molar-refractivity contribution is 7.19. The summed E-state index contributed by atoms with van der Waals surface area (Å²) in [5.74, 6) is -0.561. The van der Waals surface area contributed by atoms with Crippen LogP contribution < -0.4 is 11.3 Å². The molecule has 4 aromatic heterocycles. The summed E-state index contributed by atoms with van der Waals surface area (Å²) < 4.78 is 4.03. The zero-order valence-electron chi connectivity index (χ0n) is 15.3. The van der Waals surface area contributed by atoms with Crippen molar-refractivity contribution in [2.45, 2.75) is 13.0 Å².